The van der Waals surface area contributed by atoms with Crippen molar-refractivity contribution in [1.29, 1.82) is 0 Å². The minimum atomic E-state index is 0.0231. The Labute approximate surface area is 125 Å². The zero-order chi connectivity index (χ0) is 15.2. The number of hydrogen-bond acceptors (Lipinski definition) is 3. The topological polar surface area (TPSA) is 44.4 Å². The Morgan fingerprint density at radius 2 is 1.38 bits per heavy atom. The minimum absolute atomic E-state index is 0.0231. The highest BCUT2D eigenvalue weighted by Gasteiger charge is 2.00. The van der Waals surface area contributed by atoms with Crippen molar-refractivity contribution in [3.8, 4) is 0 Å². The summed E-state index contributed by atoms with van der Waals surface area (Å²) in [7, 11) is 4.04. The van der Waals surface area contributed by atoms with Crippen LogP contribution in [-0.2, 0) is 4.79 Å². The van der Waals surface area contributed by atoms with E-state index < -0.39 is 0 Å². The molecule has 0 unspecified atom stereocenters. The van der Waals surface area contributed by atoms with Gasteiger partial charge in [-0.05, 0) is 48.5 Å². The van der Waals surface area contributed by atoms with E-state index in [1.165, 1.54) is 0 Å². The van der Waals surface area contributed by atoms with E-state index in [4.69, 9.17) is 0 Å². The number of nitrogens with one attached hydrogen (secondary N) is 2. The van der Waals surface area contributed by atoms with Crippen LogP contribution in [0.1, 0.15) is 13.3 Å². The second kappa shape index (κ2) is 6.79. The van der Waals surface area contributed by atoms with Crippen LogP contribution in [0.2, 0.25) is 0 Å². The summed E-state index contributed by atoms with van der Waals surface area (Å²) in [5, 5.41) is 6.16. The fraction of sp³-hybridized carbons (Fsp3) is 0.235. The molecular weight excluding hydrogens is 262 g/mol. The third-order valence-electron chi connectivity index (χ3n) is 3.16. The first-order chi connectivity index (χ1) is 10.1. The number of hydrogen-bond donors (Lipinski definition) is 2. The summed E-state index contributed by atoms with van der Waals surface area (Å²) in [6, 6.07) is 15.9. The zero-order valence-corrected chi connectivity index (χ0v) is 12.7. The Morgan fingerprint density at radius 3 is 1.86 bits per heavy atom. The Balaban J connectivity index is 2.01. The van der Waals surface area contributed by atoms with Gasteiger partial charge in [-0.3, -0.25) is 4.79 Å². The molecule has 0 aliphatic rings. The average Bonchev–Trinajstić information content (AvgIpc) is 2.49. The van der Waals surface area contributed by atoms with Crippen LogP contribution in [0.3, 0.4) is 0 Å². The van der Waals surface area contributed by atoms with Crippen molar-refractivity contribution < 1.29 is 4.79 Å². The Bertz CT molecular complexity index is 588. The van der Waals surface area contributed by atoms with Gasteiger partial charge in [-0.2, -0.15) is 0 Å². The molecule has 4 nitrogen and oxygen atoms in total. The lowest BCUT2D eigenvalue weighted by atomic mass is 10.2. The average molecular weight is 283 g/mol. The molecule has 21 heavy (non-hydrogen) atoms. The van der Waals surface area contributed by atoms with Crippen LogP contribution < -0.4 is 15.5 Å². The fourth-order valence-electron chi connectivity index (χ4n) is 1.90. The molecule has 0 bridgehead atoms. The summed E-state index contributed by atoms with van der Waals surface area (Å²) >= 11 is 0. The van der Waals surface area contributed by atoms with Gasteiger partial charge in [0.1, 0.15) is 0 Å². The maximum atomic E-state index is 11.3. The van der Waals surface area contributed by atoms with E-state index in [1.54, 1.807) is 0 Å². The molecule has 0 atom stereocenters. The molecule has 110 valence electrons. The standard InChI is InChI=1S/C17H21N3O/c1-4-17(21)19-15-7-5-13(6-8-15)18-14-9-11-16(12-10-14)20(2)3/h5-12,18H,4H2,1-3H3,(H,19,21). The monoisotopic (exact) mass is 283 g/mol. The maximum absolute atomic E-state index is 11.3. The Hall–Kier alpha value is -2.49. The summed E-state index contributed by atoms with van der Waals surface area (Å²) in [6.45, 7) is 1.84. The first-order valence-corrected chi connectivity index (χ1v) is 7.03. The Morgan fingerprint density at radius 1 is 0.905 bits per heavy atom. The smallest absolute Gasteiger partial charge is 0.224 e. The molecule has 0 radical (unpaired) electrons. The highest BCUT2D eigenvalue weighted by Crippen LogP contribution is 2.21. The second-order valence-corrected chi connectivity index (χ2v) is 5.05. The molecule has 0 saturated carbocycles. The van der Waals surface area contributed by atoms with Gasteiger partial charge in [0.15, 0.2) is 0 Å². The zero-order valence-electron chi connectivity index (χ0n) is 12.7. The van der Waals surface area contributed by atoms with E-state index >= 15 is 0 Å². The van der Waals surface area contributed by atoms with Gasteiger partial charge in [0, 0.05) is 43.3 Å². The predicted molar refractivity (Wildman–Crippen MR) is 89.4 cm³/mol. The first-order valence-electron chi connectivity index (χ1n) is 7.03. The van der Waals surface area contributed by atoms with E-state index in [2.05, 4.69) is 27.7 Å². The molecule has 2 aromatic carbocycles. The highest BCUT2D eigenvalue weighted by molar-refractivity contribution is 5.90. The minimum Gasteiger partial charge on any atom is -0.378 e. The molecule has 0 saturated heterocycles. The van der Waals surface area contributed by atoms with Gasteiger partial charge in [0.25, 0.3) is 0 Å². The van der Waals surface area contributed by atoms with Crippen LogP contribution in [0.25, 0.3) is 0 Å². The van der Waals surface area contributed by atoms with Gasteiger partial charge in [0.05, 0.1) is 0 Å². The van der Waals surface area contributed by atoms with Gasteiger partial charge in [-0.15, -0.1) is 0 Å². The maximum Gasteiger partial charge on any atom is 0.224 e. The quantitative estimate of drug-likeness (QED) is 0.876. The molecule has 0 fully saturated rings. The van der Waals surface area contributed by atoms with Crippen molar-refractivity contribution in [2.24, 2.45) is 0 Å². The van der Waals surface area contributed by atoms with Crippen molar-refractivity contribution in [3.05, 3.63) is 48.5 Å². The lowest BCUT2D eigenvalue weighted by molar-refractivity contribution is -0.115. The molecule has 0 aliphatic carbocycles. The lowest BCUT2D eigenvalue weighted by Gasteiger charge is -2.13. The lowest BCUT2D eigenvalue weighted by Crippen LogP contribution is -2.09. The molecule has 2 rings (SSSR count). The van der Waals surface area contributed by atoms with Gasteiger partial charge in [0.2, 0.25) is 5.91 Å². The molecule has 2 N–H and O–H groups in total. The molecule has 1 amide bonds. The normalized spacial score (nSPS) is 10.0. The summed E-state index contributed by atoms with van der Waals surface area (Å²) in [5.74, 6) is 0.0231. The molecule has 0 heterocycles. The number of nitrogens with zero attached hydrogens (tertiary/aromatic N) is 1. The van der Waals surface area contributed by atoms with E-state index in [0.717, 1.165) is 22.7 Å². The fourth-order valence-corrected chi connectivity index (χ4v) is 1.90. The SMILES string of the molecule is CCC(=O)Nc1ccc(Nc2ccc(N(C)C)cc2)cc1. The van der Waals surface area contributed by atoms with Crippen LogP contribution in [-0.4, -0.2) is 20.0 Å². The highest BCUT2D eigenvalue weighted by atomic mass is 16.1. The summed E-state index contributed by atoms with van der Waals surface area (Å²) in [4.78, 5) is 13.4. The van der Waals surface area contributed by atoms with Crippen molar-refractivity contribution in [3.63, 3.8) is 0 Å². The van der Waals surface area contributed by atoms with E-state index in [1.807, 2.05) is 57.4 Å². The number of amides is 1. The van der Waals surface area contributed by atoms with Crippen molar-refractivity contribution in [2.45, 2.75) is 13.3 Å². The second-order valence-electron chi connectivity index (χ2n) is 5.05. The van der Waals surface area contributed by atoms with Gasteiger partial charge in [-0.25, -0.2) is 0 Å². The van der Waals surface area contributed by atoms with Crippen LogP contribution in [0.4, 0.5) is 22.7 Å². The third kappa shape index (κ3) is 4.24. The predicted octanol–water partition coefficient (Wildman–Crippen LogP) is 3.84. The van der Waals surface area contributed by atoms with Crippen LogP contribution >= 0.6 is 0 Å². The Kier molecular flexibility index (Phi) is 4.82. The summed E-state index contributed by atoms with van der Waals surface area (Å²) in [6.07, 6.45) is 0.484. The van der Waals surface area contributed by atoms with Crippen LogP contribution in [0, 0.1) is 0 Å². The van der Waals surface area contributed by atoms with Gasteiger partial charge in [-0.1, -0.05) is 6.92 Å². The van der Waals surface area contributed by atoms with E-state index in [9.17, 15) is 4.79 Å². The van der Waals surface area contributed by atoms with Crippen molar-refractivity contribution in [1.82, 2.24) is 0 Å². The van der Waals surface area contributed by atoms with E-state index in [0.29, 0.717) is 6.42 Å². The van der Waals surface area contributed by atoms with E-state index in [-0.39, 0.29) is 5.91 Å². The number of anilines is 4. The van der Waals surface area contributed by atoms with Crippen molar-refractivity contribution in [2.75, 3.05) is 29.6 Å². The van der Waals surface area contributed by atoms with Gasteiger partial charge >= 0.3 is 0 Å². The van der Waals surface area contributed by atoms with Gasteiger partial charge < -0.3 is 15.5 Å². The van der Waals surface area contributed by atoms with Crippen LogP contribution in [0.5, 0.6) is 0 Å². The molecule has 0 aromatic heterocycles. The van der Waals surface area contributed by atoms with Crippen molar-refractivity contribution >= 4 is 28.7 Å². The number of carbonyl (C=O) groups is 1. The number of rotatable bonds is 5. The molecule has 0 aliphatic heterocycles. The molecule has 0 spiro atoms. The summed E-state index contributed by atoms with van der Waals surface area (Å²) in [5.41, 5.74) is 4.00. The third-order valence-corrected chi connectivity index (χ3v) is 3.16. The number of carbonyl (C=O) groups excluding carboxylic acids is 1. The number of benzene rings is 2. The first kappa shape index (κ1) is 14.9. The van der Waals surface area contributed by atoms with Crippen LogP contribution in [0.15, 0.2) is 48.5 Å². The molecular formula is C17H21N3O. The largest absolute Gasteiger partial charge is 0.378 e. The molecule has 2 aromatic rings. The molecule has 4 heteroatoms. The summed E-state index contributed by atoms with van der Waals surface area (Å²) < 4.78 is 0.